The van der Waals surface area contributed by atoms with Crippen LogP contribution < -0.4 is 4.74 Å². The van der Waals surface area contributed by atoms with Gasteiger partial charge in [-0.15, -0.1) is 0 Å². The Kier molecular flexibility index (Phi) is 5.25. The summed E-state index contributed by atoms with van der Waals surface area (Å²) in [6, 6.07) is 5.61. The maximum absolute atomic E-state index is 10.8. The highest BCUT2D eigenvalue weighted by Crippen LogP contribution is 2.36. The molecule has 0 heterocycles. The lowest BCUT2D eigenvalue weighted by atomic mass is 9.75. The van der Waals surface area contributed by atoms with Gasteiger partial charge in [0.1, 0.15) is 11.9 Å². The van der Waals surface area contributed by atoms with Crippen molar-refractivity contribution in [3.05, 3.63) is 28.2 Å². The van der Waals surface area contributed by atoms with Crippen LogP contribution in [0.2, 0.25) is 0 Å². The molecule has 1 aliphatic carbocycles. The fourth-order valence-electron chi connectivity index (χ4n) is 3.10. The first-order valence-corrected chi connectivity index (χ1v) is 8.22. The van der Waals surface area contributed by atoms with Crippen LogP contribution in [0.1, 0.15) is 50.4 Å². The van der Waals surface area contributed by atoms with Crippen LogP contribution in [-0.4, -0.2) is 12.4 Å². The van der Waals surface area contributed by atoms with Crippen LogP contribution in [0, 0.1) is 17.8 Å². The lowest BCUT2D eigenvalue weighted by Crippen LogP contribution is -2.36. The molecule has 0 saturated heterocycles. The van der Waals surface area contributed by atoms with Crippen LogP contribution >= 0.6 is 15.9 Å². The van der Waals surface area contributed by atoms with Gasteiger partial charge in [0.25, 0.3) is 0 Å². The Morgan fingerprint density at radius 1 is 1.35 bits per heavy atom. The Hall–Kier alpha value is -0.830. The van der Waals surface area contributed by atoms with Crippen molar-refractivity contribution in [3.63, 3.8) is 0 Å². The molecule has 0 spiro atoms. The van der Waals surface area contributed by atoms with E-state index in [-0.39, 0.29) is 6.10 Å². The number of hydrogen-bond acceptors (Lipinski definition) is 2. The summed E-state index contributed by atoms with van der Waals surface area (Å²) >= 11 is 3.42. The fourth-order valence-corrected chi connectivity index (χ4v) is 3.55. The molecule has 1 aromatic rings. The number of carbonyl (C=O) groups excluding carboxylic acids is 1. The predicted molar refractivity (Wildman–Crippen MR) is 85.3 cm³/mol. The Morgan fingerprint density at radius 2 is 2.10 bits per heavy atom. The minimum absolute atomic E-state index is 0.285. The van der Waals surface area contributed by atoms with Crippen molar-refractivity contribution < 1.29 is 9.53 Å². The summed E-state index contributed by atoms with van der Waals surface area (Å²) in [4.78, 5) is 10.8. The highest BCUT2D eigenvalue weighted by molar-refractivity contribution is 9.10. The number of rotatable bonds is 4. The van der Waals surface area contributed by atoms with E-state index in [0.29, 0.717) is 17.4 Å². The topological polar surface area (TPSA) is 26.3 Å². The number of benzene rings is 1. The van der Waals surface area contributed by atoms with E-state index < -0.39 is 0 Å². The minimum atomic E-state index is 0.285. The first-order valence-electron chi connectivity index (χ1n) is 7.42. The fraction of sp³-hybridized carbons (Fsp3) is 0.588. The summed E-state index contributed by atoms with van der Waals surface area (Å²) < 4.78 is 7.03. The van der Waals surface area contributed by atoms with E-state index in [1.54, 1.807) is 0 Å². The molecule has 0 bridgehead atoms. The first kappa shape index (κ1) is 15.6. The van der Waals surface area contributed by atoms with Crippen LogP contribution in [0.5, 0.6) is 5.75 Å². The molecule has 1 fully saturated rings. The zero-order valence-corrected chi connectivity index (χ0v) is 14.0. The molecule has 0 amide bonds. The number of halogens is 1. The second-order valence-corrected chi connectivity index (χ2v) is 7.14. The van der Waals surface area contributed by atoms with Crippen LogP contribution in [0.3, 0.4) is 0 Å². The number of aldehydes is 1. The van der Waals surface area contributed by atoms with E-state index in [1.165, 1.54) is 12.8 Å². The standard InChI is InChI=1S/C17H23BrO2/c1-11(2)15-7-4-12(3)8-17(15)20-14-6-5-13(10-19)16(18)9-14/h5-6,9-12,15,17H,4,7-8H2,1-3H3. The van der Waals surface area contributed by atoms with E-state index in [9.17, 15) is 4.79 Å². The van der Waals surface area contributed by atoms with Gasteiger partial charge in [-0.3, -0.25) is 4.79 Å². The number of hydrogen-bond donors (Lipinski definition) is 0. The smallest absolute Gasteiger partial charge is 0.151 e. The van der Waals surface area contributed by atoms with E-state index in [2.05, 4.69) is 36.7 Å². The third-order valence-corrected chi connectivity index (χ3v) is 5.03. The van der Waals surface area contributed by atoms with Crippen LogP contribution in [0.4, 0.5) is 0 Å². The van der Waals surface area contributed by atoms with Gasteiger partial charge in [-0.1, -0.05) is 27.2 Å². The van der Waals surface area contributed by atoms with Crippen molar-refractivity contribution >= 4 is 22.2 Å². The van der Waals surface area contributed by atoms with E-state index in [1.807, 2.05) is 18.2 Å². The van der Waals surface area contributed by atoms with Gasteiger partial charge in [0.2, 0.25) is 0 Å². The van der Waals surface area contributed by atoms with Gasteiger partial charge in [-0.25, -0.2) is 0 Å². The Balaban J connectivity index is 2.13. The van der Waals surface area contributed by atoms with Crippen molar-refractivity contribution in [1.82, 2.24) is 0 Å². The molecular formula is C17H23BrO2. The molecule has 0 N–H and O–H groups in total. The van der Waals surface area contributed by atoms with E-state index in [4.69, 9.17) is 4.74 Å². The summed E-state index contributed by atoms with van der Waals surface area (Å²) in [7, 11) is 0. The molecule has 1 aromatic carbocycles. The van der Waals surface area contributed by atoms with Gasteiger partial charge in [0, 0.05) is 10.0 Å². The Morgan fingerprint density at radius 3 is 2.70 bits per heavy atom. The van der Waals surface area contributed by atoms with Gasteiger partial charge in [-0.2, -0.15) is 0 Å². The Labute approximate surface area is 130 Å². The maximum Gasteiger partial charge on any atom is 0.151 e. The average molecular weight is 339 g/mol. The minimum Gasteiger partial charge on any atom is -0.490 e. The highest BCUT2D eigenvalue weighted by atomic mass is 79.9. The summed E-state index contributed by atoms with van der Waals surface area (Å²) in [6.07, 6.45) is 4.81. The first-order chi connectivity index (χ1) is 9.51. The van der Waals surface area contributed by atoms with Gasteiger partial charge >= 0.3 is 0 Å². The molecule has 0 radical (unpaired) electrons. The van der Waals surface area contributed by atoms with Crippen LogP contribution in [-0.2, 0) is 0 Å². The Bertz CT molecular complexity index is 470. The van der Waals surface area contributed by atoms with Gasteiger partial charge in [-0.05, 0) is 64.7 Å². The molecule has 0 aliphatic heterocycles. The summed E-state index contributed by atoms with van der Waals surface area (Å²) in [5, 5.41) is 0. The van der Waals surface area contributed by atoms with Crippen molar-refractivity contribution in [2.75, 3.05) is 0 Å². The highest BCUT2D eigenvalue weighted by Gasteiger charge is 2.32. The average Bonchev–Trinajstić information content (AvgIpc) is 2.38. The molecule has 2 nitrogen and oxygen atoms in total. The SMILES string of the molecule is CC1CCC(C(C)C)C(Oc2ccc(C=O)c(Br)c2)C1. The zero-order chi connectivity index (χ0) is 14.7. The van der Waals surface area contributed by atoms with Crippen molar-refractivity contribution in [3.8, 4) is 5.75 Å². The molecule has 1 saturated carbocycles. The molecule has 1 aliphatic rings. The lowest BCUT2D eigenvalue weighted by Gasteiger charge is -2.37. The van der Waals surface area contributed by atoms with Crippen LogP contribution in [0.25, 0.3) is 0 Å². The van der Waals surface area contributed by atoms with Gasteiger partial charge in [0.05, 0.1) is 0 Å². The van der Waals surface area contributed by atoms with Crippen molar-refractivity contribution in [1.29, 1.82) is 0 Å². The third kappa shape index (κ3) is 3.63. The zero-order valence-electron chi connectivity index (χ0n) is 12.4. The number of carbonyl (C=O) groups is 1. The molecule has 2 rings (SSSR count). The quantitative estimate of drug-likeness (QED) is 0.713. The molecule has 0 aromatic heterocycles. The summed E-state index contributed by atoms with van der Waals surface area (Å²) in [5.74, 6) is 2.85. The molecular weight excluding hydrogens is 316 g/mol. The maximum atomic E-state index is 10.8. The molecule has 110 valence electrons. The van der Waals surface area contributed by atoms with Gasteiger partial charge in [0.15, 0.2) is 6.29 Å². The van der Waals surface area contributed by atoms with Crippen molar-refractivity contribution in [2.24, 2.45) is 17.8 Å². The summed E-state index contributed by atoms with van der Waals surface area (Å²) in [5.41, 5.74) is 0.662. The monoisotopic (exact) mass is 338 g/mol. The number of ether oxygens (including phenoxy) is 1. The molecule has 3 atom stereocenters. The third-order valence-electron chi connectivity index (χ3n) is 4.35. The lowest BCUT2D eigenvalue weighted by molar-refractivity contribution is 0.0460. The molecule has 20 heavy (non-hydrogen) atoms. The molecule has 3 unspecified atom stereocenters. The second kappa shape index (κ2) is 6.75. The van der Waals surface area contributed by atoms with E-state index in [0.717, 1.165) is 28.8 Å². The van der Waals surface area contributed by atoms with Crippen LogP contribution in [0.15, 0.2) is 22.7 Å². The van der Waals surface area contributed by atoms with E-state index >= 15 is 0 Å². The molecule has 3 heteroatoms. The van der Waals surface area contributed by atoms with Crippen molar-refractivity contribution in [2.45, 2.75) is 46.1 Å². The largest absolute Gasteiger partial charge is 0.490 e. The predicted octanol–water partition coefficient (Wildman–Crippen LogP) is 5.10. The normalized spacial score (nSPS) is 26.6. The van der Waals surface area contributed by atoms with Gasteiger partial charge < -0.3 is 4.74 Å². The second-order valence-electron chi connectivity index (χ2n) is 6.28. The summed E-state index contributed by atoms with van der Waals surface area (Å²) in [6.45, 7) is 6.86.